The number of aromatic nitrogens is 2. The van der Waals surface area contributed by atoms with Crippen molar-refractivity contribution in [3.05, 3.63) is 53.5 Å². The number of pyridine rings is 2. The number of hydrogen-bond donors (Lipinski definition) is 2. The maximum absolute atomic E-state index is 12.1. The zero-order chi connectivity index (χ0) is 14.4. The van der Waals surface area contributed by atoms with Crippen LogP contribution in [0.25, 0.3) is 0 Å². The van der Waals surface area contributed by atoms with Crippen molar-refractivity contribution in [2.45, 2.75) is 20.4 Å². The van der Waals surface area contributed by atoms with Gasteiger partial charge < -0.3 is 10.6 Å². The van der Waals surface area contributed by atoms with Gasteiger partial charge in [0.1, 0.15) is 5.82 Å². The van der Waals surface area contributed by atoms with Crippen LogP contribution in [0.3, 0.4) is 0 Å². The molecular weight excluding hydrogens is 252 g/mol. The number of rotatable bonds is 5. The summed E-state index contributed by atoms with van der Waals surface area (Å²) in [7, 11) is 0. The first kappa shape index (κ1) is 14.0. The van der Waals surface area contributed by atoms with Crippen LogP contribution in [-0.4, -0.2) is 22.4 Å². The summed E-state index contributed by atoms with van der Waals surface area (Å²) in [6.07, 6.45) is 3.35. The average Bonchev–Trinajstić information content (AvgIpc) is 2.47. The number of hydrogen-bond acceptors (Lipinski definition) is 4. The lowest BCUT2D eigenvalue weighted by Gasteiger charge is -2.08. The summed E-state index contributed by atoms with van der Waals surface area (Å²) in [5.74, 6) is 0.575. The topological polar surface area (TPSA) is 66.9 Å². The van der Waals surface area contributed by atoms with Crippen LogP contribution in [-0.2, 0) is 6.54 Å². The van der Waals surface area contributed by atoms with E-state index >= 15 is 0 Å². The first-order chi connectivity index (χ1) is 9.70. The molecular formula is C15H18N4O. The van der Waals surface area contributed by atoms with Crippen LogP contribution < -0.4 is 10.6 Å². The Balaban J connectivity index is 2.01. The van der Waals surface area contributed by atoms with E-state index in [9.17, 15) is 4.79 Å². The summed E-state index contributed by atoms with van der Waals surface area (Å²) in [5, 5.41) is 5.95. The fourth-order valence-electron chi connectivity index (χ4n) is 1.82. The van der Waals surface area contributed by atoms with Crippen LogP contribution in [0, 0.1) is 6.92 Å². The first-order valence-corrected chi connectivity index (χ1v) is 6.59. The molecule has 5 nitrogen and oxygen atoms in total. The van der Waals surface area contributed by atoms with E-state index in [0.717, 1.165) is 17.8 Å². The van der Waals surface area contributed by atoms with Crippen molar-refractivity contribution in [3.63, 3.8) is 0 Å². The van der Waals surface area contributed by atoms with E-state index in [1.807, 2.05) is 26.0 Å². The van der Waals surface area contributed by atoms with Crippen molar-refractivity contribution in [3.8, 4) is 0 Å². The minimum Gasteiger partial charge on any atom is -0.370 e. The third kappa shape index (κ3) is 3.54. The van der Waals surface area contributed by atoms with Gasteiger partial charge in [-0.2, -0.15) is 0 Å². The van der Waals surface area contributed by atoms with Crippen LogP contribution in [0.15, 0.2) is 36.7 Å². The average molecular weight is 270 g/mol. The van der Waals surface area contributed by atoms with Gasteiger partial charge in [0.15, 0.2) is 0 Å². The lowest BCUT2D eigenvalue weighted by molar-refractivity contribution is 0.0950. The number of amides is 1. The Hall–Kier alpha value is -2.43. The molecule has 2 aromatic heterocycles. The van der Waals surface area contributed by atoms with Crippen molar-refractivity contribution in [2.24, 2.45) is 0 Å². The molecule has 0 radical (unpaired) electrons. The second kappa shape index (κ2) is 6.65. The van der Waals surface area contributed by atoms with Gasteiger partial charge in [0.05, 0.1) is 12.2 Å². The molecule has 2 N–H and O–H groups in total. The molecule has 0 bridgehead atoms. The molecule has 0 unspecified atom stereocenters. The van der Waals surface area contributed by atoms with Gasteiger partial charge in [-0.3, -0.25) is 9.78 Å². The highest BCUT2D eigenvalue weighted by atomic mass is 16.1. The zero-order valence-corrected chi connectivity index (χ0v) is 11.7. The largest absolute Gasteiger partial charge is 0.370 e. The Morgan fingerprint density at radius 2 is 2.10 bits per heavy atom. The Morgan fingerprint density at radius 3 is 2.85 bits per heavy atom. The molecule has 0 aliphatic rings. The molecule has 5 heteroatoms. The quantitative estimate of drug-likeness (QED) is 0.873. The number of nitrogens with one attached hydrogen (secondary N) is 2. The summed E-state index contributed by atoms with van der Waals surface area (Å²) in [6, 6.07) is 7.29. The Morgan fingerprint density at radius 1 is 1.25 bits per heavy atom. The Bertz CT molecular complexity index is 598. The highest BCUT2D eigenvalue weighted by molar-refractivity contribution is 5.94. The number of carbonyl (C=O) groups is 1. The Kier molecular flexibility index (Phi) is 4.65. The third-order valence-electron chi connectivity index (χ3n) is 2.91. The van der Waals surface area contributed by atoms with Gasteiger partial charge in [-0.05, 0) is 37.6 Å². The van der Waals surface area contributed by atoms with E-state index in [-0.39, 0.29) is 5.91 Å². The molecule has 0 saturated carbocycles. The van der Waals surface area contributed by atoms with E-state index < -0.39 is 0 Å². The van der Waals surface area contributed by atoms with E-state index in [1.165, 1.54) is 0 Å². The molecule has 104 valence electrons. The van der Waals surface area contributed by atoms with Gasteiger partial charge in [0, 0.05) is 24.5 Å². The first-order valence-electron chi connectivity index (χ1n) is 6.59. The molecule has 0 spiro atoms. The van der Waals surface area contributed by atoms with Gasteiger partial charge in [-0.15, -0.1) is 0 Å². The SMILES string of the molecule is CCNc1cc(C(=O)NCc2ncccc2C)ccn1. The van der Waals surface area contributed by atoms with Crippen molar-refractivity contribution in [2.75, 3.05) is 11.9 Å². The van der Waals surface area contributed by atoms with Gasteiger partial charge >= 0.3 is 0 Å². The van der Waals surface area contributed by atoms with Crippen molar-refractivity contribution in [1.82, 2.24) is 15.3 Å². The molecule has 0 saturated heterocycles. The molecule has 2 aromatic rings. The van der Waals surface area contributed by atoms with Crippen LogP contribution >= 0.6 is 0 Å². The summed E-state index contributed by atoms with van der Waals surface area (Å²) < 4.78 is 0. The van der Waals surface area contributed by atoms with Crippen molar-refractivity contribution in [1.29, 1.82) is 0 Å². The van der Waals surface area contributed by atoms with Crippen LogP contribution in [0.4, 0.5) is 5.82 Å². The molecule has 0 atom stereocenters. The third-order valence-corrected chi connectivity index (χ3v) is 2.91. The van der Waals surface area contributed by atoms with Crippen LogP contribution in [0.5, 0.6) is 0 Å². The van der Waals surface area contributed by atoms with Gasteiger partial charge in [-0.25, -0.2) is 4.98 Å². The summed E-state index contributed by atoms with van der Waals surface area (Å²) in [5.41, 5.74) is 2.53. The van der Waals surface area contributed by atoms with E-state index in [4.69, 9.17) is 0 Å². The predicted octanol–water partition coefficient (Wildman–Crippen LogP) is 2.15. The number of nitrogens with zero attached hydrogens (tertiary/aromatic N) is 2. The van der Waals surface area contributed by atoms with Gasteiger partial charge in [0.25, 0.3) is 5.91 Å². The number of aryl methyl sites for hydroxylation is 1. The normalized spacial score (nSPS) is 10.1. The van der Waals surface area contributed by atoms with Crippen molar-refractivity contribution < 1.29 is 4.79 Å². The smallest absolute Gasteiger partial charge is 0.251 e. The van der Waals surface area contributed by atoms with E-state index in [1.54, 1.807) is 24.5 Å². The van der Waals surface area contributed by atoms with Crippen LogP contribution in [0.1, 0.15) is 28.5 Å². The molecule has 2 heterocycles. The zero-order valence-electron chi connectivity index (χ0n) is 11.7. The monoisotopic (exact) mass is 270 g/mol. The summed E-state index contributed by atoms with van der Waals surface area (Å²) in [6.45, 7) is 5.15. The fourth-order valence-corrected chi connectivity index (χ4v) is 1.82. The van der Waals surface area contributed by atoms with E-state index in [2.05, 4.69) is 20.6 Å². The Labute approximate surface area is 118 Å². The van der Waals surface area contributed by atoms with Gasteiger partial charge in [0.2, 0.25) is 0 Å². The number of anilines is 1. The fraction of sp³-hybridized carbons (Fsp3) is 0.267. The highest BCUT2D eigenvalue weighted by Crippen LogP contribution is 2.07. The van der Waals surface area contributed by atoms with Gasteiger partial charge in [-0.1, -0.05) is 6.07 Å². The molecule has 0 aliphatic heterocycles. The van der Waals surface area contributed by atoms with Crippen molar-refractivity contribution >= 4 is 11.7 Å². The lowest BCUT2D eigenvalue weighted by atomic mass is 10.2. The van der Waals surface area contributed by atoms with Crippen LogP contribution in [0.2, 0.25) is 0 Å². The predicted molar refractivity (Wildman–Crippen MR) is 78.5 cm³/mol. The minimum atomic E-state index is -0.128. The molecule has 0 fully saturated rings. The summed E-state index contributed by atoms with van der Waals surface area (Å²) in [4.78, 5) is 20.5. The number of carbonyl (C=O) groups excluding carboxylic acids is 1. The molecule has 2 rings (SSSR count). The second-order valence-electron chi connectivity index (χ2n) is 4.41. The molecule has 20 heavy (non-hydrogen) atoms. The maximum atomic E-state index is 12.1. The highest BCUT2D eigenvalue weighted by Gasteiger charge is 2.07. The minimum absolute atomic E-state index is 0.128. The maximum Gasteiger partial charge on any atom is 0.251 e. The lowest BCUT2D eigenvalue weighted by Crippen LogP contribution is -2.24. The molecule has 1 amide bonds. The molecule has 0 aromatic carbocycles. The second-order valence-corrected chi connectivity index (χ2v) is 4.41. The van der Waals surface area contributed by atoms with E-state index in [0.29, 0.717) is 17.9 Å². The molecule has 0 aliphatic carbocycles. The summed E-state index contributed by atoms with van der Waals surface area (Å²) >= 11 is 0. The standard InChI is InChI=1S/C15H18N4O/c1-3-16-14-9-12(6-8-18-14)15(20)19-10-13-11(2)5-4-7-17-13/h4-9H,3,10H2,1-2H3,(H,16,18)(H,19,20).